The van der Waals surface area contributed by atoms with Gasteiger partial charge in [-0.3, -0.25) is 0 Å². The molecule has 0 nitrogen and oxygen atoms in total. The second-order valence-corrected chi connectivity index (χ2v) is 12.5. The van der Waals surface area contributed by atoms with Crippen molar-refractivity contribution >= 4 is 55.4 Å². The highest BCUT2D eigenvalue weighted by molar-refractivity contribution is 6.98. The molecule has 0 aliphatic carbocycles. The highest BCUT2D eigenvalue weighted by Crippen LogP contribution is 2.39. The van der Waals surface area contributed by atoms with E-state index in [1.54, 1.807) is 0 Å². The van der Waals surface area contributed by atoms with Crippen LogP contribution in [0.4, 0.5) is 0 Å². The van der Waals surface area contributed by atoms with E-state index in [4.69, 9.17) is 0 Å². The van der Waals surface area contributed by atoms with Crippen LogP contribution in [0.2, 0.25) is 0 Å². The van der Waals surface area contributed by atoms with E-state index in [1.807, 2.05) is 0 Å². The molecule has 0 N–H and O–H groups in total. The molecule has 7 aromatic rings. The second kappa shape index (κ2) is 10.6. The predicted molar refractivity (Wildman–Crippen MR) is 190 cm³/mol. The lowest BCUT2D eigenvalue weighted by molar-refractivity contribution is 1.34. The Labute approximate surface area is 256 Å². The van der Waals surface area contributed by atoms with Crippen LogP contribution in [0.15, 0.2) is 115 Å². The van der Waals surface area contributed by atoms with Crippen molar-refractivity contribution in [1.29, 1.82) is 0 Å². The van der Waals surface area contributed by atoms with Gasteiger partial charge in [-0.2, -0.15) is 0 Å². The van der Waals surface area contributed by atoms with Crippen LogP contribution < -0.4 is 16.4 Å². The van der Waals surface area contributed by atoms with Crippen LogP contribution in [0, 0.1) is 41.5 Å². The molecule has 7 rings (SSSR count). The van der Waals surface area contributed by atoms with Gasteiger partial charge in [0.15, 0.2) is 0 Å². The molecule has 0 bridgehead atoms. The Kier molecular flexibility index (Phi) is 6.70. The SMILES string of the molecule is Cc1cc(C)c(B(c2c(C)cc(C)cc2C)c2ccc(-c3c4ccccc4cc4ccccc34)c3ccccc23)c(C)c1. The fourth-order valence-electron chi connectivity index (χ4n) is 7.84. The van der Waals surface area contributed by atoms with Gasteiger partial charge in [-0.1, -0.05) is 159 Å². The van der Waals surface area contributed by atoms with Crippen molar-refractivity contribution in [1.82, 2.24) is 0 Å². The lowest BCUT2D eigenvalue weighted by Crippen LogP contribution is -2.56. The van der Waals surface area contributed by atoms with Crippen molar-refractivity contribution in [3.05, 3.63) is 149 Å². The summed E-state index contributed by atoms with van der Waals surface area (Å²) in [5.41, 5.74) is 14.9. The van der Waals surface area contributed by atoms with E-state index in [0.717, 1.165) is 0 Å². The molecule has 0 saturated heterocycles. The zero-order valence-corrected chi connectivity index (χ0v) is 26.0. The fourth-order valence-corrected chi connectivity index (χ4v) is 7.84. The second-order valence-electron chi connectivity index (χ2n) is 12.5. The van der Waals surface area contributed by atoms with Gasteiger partial charge < -0.3 is 0 Å². The zero-order chi connectivity index (χ0) is 29.8. The molecule has 0 radical (unpaired) electrons. The average Bonchev–Trinajstić information content (AvgIpc) is 2.98. The van der Waals surface area contributed by atoms with E-state index < -0.39 is 0 Å². The highest BCUT2D eigenvalue weighted by atomic mass is 14.2. The summed E-state index contributed by atoms with van der Waals surface area (Å²) in [4.78, 5) is 0. The molecule has 0 aromatic heterocycles. The van der Waals surface area contributed by atoms with Gasteiger partial charge in [-0.25, -0.2) is 0 Å². The molecule has 208 valence electrons. The minimum absolute atomic E-state index is 0.129. The van der Waals surface area contributed by atoms with Crippen LogP contribution in [-0.2, 0) is 0 Å². The first-order valence-electron chi connectivity index (χ1n) is 15.4. The summed E-state index contributed by atoms with van der Waals surface area (Å²) in [6, 6.07) is 43.3. The van der Waals surface area contributed by atoms with Gasteiger partial charge in [0, 0.05) is 0 Å². The largest absolute Gasteiger partial charge is 0.243 e. The Morgan fingerprint density at radius 2 is 0.814 bits per heavy atom. The van der Waals surface area contributed by atoms with Crippen molar-refractivity contribution in [2.45, 2.75) is 41.5 Å². The number of hydrogen-bond donors (Lipinski definition) is 0. The van der Waals surface area contributed by atoms with Crippen LogP contribution in [0.5, 0.6) is 0 Å². The fraction of sp³-hybridized carbons (Fsp3) is 0.143. The molecule has 1 heteroatoms. The monoisotopic (exact) mass is 552 g/mol. The predicted octanol–water partition coefficient (Wildman–Crippen LogP) is 9.18. The third kappa shape index (κ3) is 4.55. The molecule has 43 heavy (non-hydrogen) atoms. The van der Waals surface area contributed by atoms with Gasteiger partial charge in [0.1, 0.15) is 0 Å². The number of rotatable bonds is 4. The summed E-state index contributed by atoms with van der Waals surface area (Å²) in [7, 11) is 0. The lowest BCUT2D eigenvalue weighted by Gasteiger charge is -2.26. The van der Waals surface area contributed by atoms with Crippen LogP contribution >= 0.6 is 0 Å². The summed E-state index contributed by atoms with van der Waals surface area (Å²) in [5.74, 6) is 0. The summed E-state index contributed by atoms with van der Waals surface area (Å²) in [5, 5.41) is 7.77. The van der Waals surface area contributed by atoms with Gasteiger partial charge in [0.05, 0.1) is 0 Å². The number of aryl methyl sites for hydroxylation is 6. The van der Waals surface area contributed by atoms with Gasteiger partial charge in [0.25, 0.3) is 0 Å². The van der Waals surface area contributed by atoms with Gasteiger partial charge in [0.2, 0.25) is 6.71 Å². The van der Waals surface area contributed by atoms with Crippen LogP contribution in [0.1, 0.15) is 33.4 Å². The quantitative estimate of drug-likeness (QED) is 0.151. The van der Waals surface area contributed by atoms with E-state index in [9.17, 15) is 0 Å². The molecule has 0 aliphatic rings. The number of hydrogen-bond acceptors (Lipinski definition) is 0. The standard InChI is InChI=1S/C42H37B/c1-26-21-28(3)41(29(4)22-26)43(42-30(5)23-27(2)24-31(42)6)39-20-19-38(36-17-11-12-18-37(36)39)40-34-15-9-7-13-32(34)25-33-14-8-10-16-35(33)40/h7-25H,1-6H3. The molecule has 0 amide bonds. The van der Waals surface area contributed by atoms with Crippen molar-refractivity contribution in [3.63, 3.8) is 0 Å². The summed E-state index contributed by atoms with van der Waals surface area (Å²) >= 11 is 0. The molecule has 0 unspecified atom stereocenters. The first-order chi connectivity index (χ1) is 20.8. The Morgan fingerprint density at radius 3 is 1.30 bits per heavy atom. The number of fused-ring (bicyclic) bond motifs is 3. The van der Waals surface area contributed by atoms with Gasteiger partial charge >= 0.3 is 0 Å². The van der Waals surface area contributed by atoms with E-state index >= 15 is 0 Å². The molecule has 0 fully saturated rings. The smallest absolute Gasteiger partial charge is 0.0657 e. The minimum Gasteiger partial charge on any atom is -0.0657 e. The third-order valence-electron chi connectivity index (χ3n) is 9.36. The molecular weight excluding hydrogens is 515 g/mol. The molecule has 0 saturated carbocycles. The normalized spacial score (nSPS) is 11.5. The van der Waals surface area contributed by atoms with Crippen molar-refractivity contribution in [2.24, 2.45) is 0 Å². The molecule has 0 atom stereocenters. The van der Waals surface area contributed by atoms with E-state index in [0.29, 0.717) is 0 Å². The van der Waals surface area contributed by atoms with Gasteiger partial charge in [-0.05, 0) is 91.1 Å². The third-order valence-corrected chi connectivity index (χ3v) is 9.36. The van der Waals surface area contributed by atoms with Crippen molar-refractivity contribution in [2.75, 3.05) is 0 Å². The van der Waals surface area contributed by atoms with Crippen LogP contribution in [0.25, 0.3) is 43.4 Å². The molecule has 0 spiro atoms. The maximum absolute atomic E-state index is 2.43. The maximum Gasteiger partial charge on any atom is 0.243 e. The van der Waals surface area contributed by atoms with E-state index in [2.05, 4.69) is 157 Å². The average molecular weight is 553 g/mol. The Bertz CT molecular complexity index is 2040. The topological polar surface area (TPSA) is 0 Å². The summed E-state index contributed by atoms with van der Waals surface area (Å²) < 4.78 is 0. The van der Waals surface area contributed by atoms with Crippen LogP contribution in [-0.4, -0.2) is 6.71 Å². The summed E-state index contributed by atoms with van der Waals surface area (Å²) in [6.45, 7) is 13.7. The van der Waals surface area contributed by atoms with Crippen LogP contribution in [0.3, 0.4) is 0 Å². The van der Waals surface area contributed by atoms with Gasteiger partial charge in [-0.15, -0.1) is 0 Å². The maximum atomic E-state index is 2.43. The lowest BCUT2D eigenvalue weighted by atomic mass is 9.33. The number of benzene rings is 7. The Hall–Kier alpha value is -4.62. The molecule has 0 aliphatic heterocycles. The first-order valence-corrected chi connectivity index (χ1v) is 15.4. The molecular formula is C42H37B. The molecule has 7 aromatic carbocycles. The van der Waals surface area contributed by atoms with Crippen molar-refractivity contribution in [3.8, 4) is 11.1 Å². The Balaban J connectivity index is 1.59. The van der Waals surface area contributed by atoms with Crippen molar-refractivity contribution < 1.29 is 0 Å². The highest BCUT2D eigenvalue weighted by Gasteiger charge is 2.30. The van der Waals surface area contributed by atoms with E-state index in [1.165, 1.54) is 93.2 Å². The zero-order valence-electron chi connectivity index (χ0n) is 26.0. The summed E-state index contributed by atoms with van der Waals surface area (Å²) in [6.07, 6.45) is 0. The minimum atomic E-state index is 0.129. The first kappa shape index (κ1) is 27.2. The van der Waals surface area contributed by atoms with E-state index in [-0.39, 0.29) is 6.71 Å². The molecule has 0 heterocycles. The Morgan fingerprint density at radius 1 is 0.395 bits per heavy atom.